The Balaban J connectivity index is 1.74. The maximum atomic E-state index is 12.8. The van der Waals surface area contributed by atoms with Gasteiger partial charge in [-0.05, 0) is 32.9 Å². The number of pyridine rings is 1. The van der Waals surface area contributed by atoms with Gasteiger partial charge in [0, 0.05) is 42.9 Å². The second-order valence-electron chi connectivity index (χ2n) is 6.87. The summed E-state index contributed by atoms with van der Waals surface area (Å²) >= 11 is 0. The minimum atomic E-state index is -3.76. The van der Waals surface area contributed by atoms with E-state index < -0.39 is 23.1 Å². The van der Waals surface area contributed by atoms with Crippen LogP contribution in [0, 0.1) is 6.92 Å². The number of fused-ring (bicyclic) bond motifs is 1. The van der Waals surface area contributed by atoms with Gasteiger partial charge < -0.3 is 13.9 Å². The lowest BCUT2D eigenvalue weighted by Crippen LogP contribution is -2.49. The predicted molar refractivity (Wildman–Crippen MR) is 115 cm³/mol. The van der Waals surface area contributed by atoms with E-state index in [1.165, 1.54) is 4.31 Å². The second kappa shape index (κ2) is 9.10. The van der Waals surface area contributed by atoms with E-state index in [0.717, 1.165) is 22.3 Å². The fraction of sp³-hybridized carbons (Fsp3) is 0.526. The van der Waals surface area contributed by atoms with Gasteiger partial charge >= 0.3 is 7.60 Å². The topological polar surface area (TPSA) is 89.0 Å². The minimum absolute atomic E-state index is 0.134. The third-order valence-corrected chi connectivity index (χ3v) is 9.79. The van der Waals surface area contributed by atoms with Crippen LogP contribution in [0.2, 0.25) is 0 Å². The molecule has 0 aliphatic carbocycles. The number of hydrogen-bond acceptors (Lipinski definition) is 7. The SMILES string of the molecule is CCOP(=O)(CS(=O)(=O)N1CCN(c2cc(C)nc3ccccc23)CC1)OCC. The molecule has 0 bridgehead atoms. The zero-order valence-electron chi connectivity index (χ0n) is 17.1. The van der Waals surface area contributed by atoms with Crippen molar-refractivity contribution >= 4 is 34.2 Å². The number of piperazine rings is 1. The third-order valence-electron chi connectivity index (χ3n) is 4.77. The molecule has 0 radical (unpaired) electrons. The molecule has 2 aromatic rings. The summed E-state index contributed by atoms with van der Waals surface area (Å²) in [6.07, 6.45) is 0. The highest BCUT2D eigenvalue weighted by Gasteiger charge is 2.36. The molecular formula is C19H28N3O5PS. The average Bonchev–Trinajstić information content (AvgIpc) is 2.67. The number of nitrogens with zero attached hydrogens (tertiary/aromatic N) is 3. The maximum Gasteiger partial charge on any atom is 0.347 e. The van der Waals surface area contributed by atoms with Crippen molar-refractivity contribution in [2.45, 2.75) is 20.8 Å². The van der Waals surface area contributed by atoms with Gasteiger partial charge in [0.2, 0.25) is 10.0 Å². The molecular weight excluding hydrogens is 413 g/mol. The summed E-state index contributed by atoms with van der Waals surface area (Å²) in [6.45, 7) is 7.27. The van der Waals surface area contributed by atoms with Gasteiger partial charge in [-0.1, -0.05) is 18.2 Å². The number of hydrogen-bond donors (Lipinski definition) is 0. The van der Waals surface area contributed by atoms with Crippen molar-refractivity contribution in [3.8, 4) is 0 Å². The van der Waals surface area contributed by atoms with Crippen molar-refractivity contribution in [3.05, 3.63) is 36.0 Å². The van der Waals surface area contributed by atoms with Crippen LogP contribution in [0.4, 0.5) is 5.69 Å². The first-order valence-corrected chi connectivity index (χ1v) is 13.1. The molecule has 1 aliphatic heterocycles. The van der Waals surface area contributed by atoms with Gasteiger partial charge in [0.15, 0.2) is 5.49 Å². The van der Waals surface area contributed by atoms with E-state index in [0.29, 0.717) is 26.2 Å². The molecule has 3 rings (SSSR count). The highest BCUT2D eigenvalue weighted by molar-refractivity contribution is 7.95. The Kier molecular flexibility index (Phi) is 6.96. The van der Waals surface area contributed by atoms with Crippen LogP contribution < -0.4 is 4.90 Å². The number of anilines is 1. The molecule has 2 heterocycles. The van der Waals surface area contributed by atoms with E-state index in [1.807, 2.05) is 37.3 Å². The van der Waals surface area contributed by atoms with E-state index in [-0.39, 0.29) is 13.2 Å². The van der Waals surface area contributed by atoms with Crippen molar-refractivity contribution in [1.82, 2.24) is 9.29 Å². The number of aryl methyl sites for hydroxylation is 1. The maximum absolute atomic E-state index is 12.8. The molecule has 1 fully saturated rings. The summed E-state index contributed by atoms with van der Waals surface area (Å²) in [5, 5.41) is 1.05. The predicted octanol–water partition coefficient (Wildman–Crippen LogP) is 3.22. The molecule has 0 atom stereocenters. The van der Waals surface area contributed by atoms with Crippen molar-refractivity contribution < 1.29 is 22.0 Å². The fourth-order valence-corrected chi connectivity index (χ4v) is 7.97. The lowest BCUT2D eigenvalue weighted by atomic mass is 10.1. The van der Waals surface area contributed by atoms with E-state index in [4.69, 9.17) is 9.05 Å². The average molecular weight is 441 g/mol. The summed E-state index contributed by atoms with van der Waals surface area (Å²) in [6, 6.07) is 9.97. The Morgan fingerprint density at radius 1 is 1.07 bits per heavy atom. The second-order valence-corrected chi connectivity index (χ2v) is 11.3. The Morgan fingerprint density at radius 2 is 1.69 bits per heavy atom. The van der Waals surface area contributed by atoms with Crippen LogP contribution in [0.15, 0.2) is 30.3 Å². The zero-order valence-corrected chi connectivity index (χ0v) is 18.8. The van der Waals surface area contributed by atoms with Crippen molar-refractivity contribution in [3.63, 3.8) is 0 Å². The van der Waals surface area contributed by atoms with E-state index in [2.05, 4.69) is 9.88 Å². The largest absolute Gasteiger partial charge is 0.368 e. The molecule has 1 saturated heterocycles. The fourth-order valence-electron chi connectivity index (χ4n) is 3.54. The Labute approximate surface area is 172 Å². The van der Waals surface area contributed by atoms with Crippen LogP contribution in [-0.2, 0) is 23.6 Å². The van der Waals surface area contributed by atoms with Crippen LogP contribution in [0.5, 0.6) is 0 Å². The number of para-hydroxylation sites is 1. The van der Waals surface area contributed by atoms with Crippen molar-refractivity contribution in [2.24, 2.45) is 0 Å². The molecule has 0 amide bonds. The quantitative estimate of drug-likeness (QED) is 0.581. The van der Waals surface area contributed by atoms with Gasteiger partial charge in [0.1, 0.15) is 0 Å². The zero-order chi connectivity index (χ0) is 21.1. The molecule has 8 nitrogen and oxygen atoms in total. The summed E-state index contributed by atoms with van der Waals surface area (Å²) < 4.78 is 50.0. The molecule has 0 saturated carbocycles. The Morgan fingerprint density at radius 3 is 2.31 bits per heavy atom. The van der Waals surface area contributed by atoms with E-state index >= 15 is 0 Å². The van der Waals surface area contributed by atoms with Gasteiger partial charge in [0.25, 0.3) is 0 Å². The minimum Gasteiger partial charge on any atom is -0.368 e. The smallest absolute Gasteiger partial charge is 0.347 e. The lowest BCUT2D eigenvalue weighted by Gasteiger charge is -2.36. The molecule has 1 aliphatic rings. The Bertz CT molecular complexity index is 996. The van der Waals surface area contributed by atoms with Gasteiger partial charge in [-0.2, -0.15) is 4.31 Å². The molecule has 0 N–H and O–H groups in total. The summed E-state index contributed by atoms with van der Waals surface area (Å²) in [5.41, 5.74) is 2.27. The Hall–Kier alpha value is -1.51. The normalized spacial score (nSPS) is 16.4. The third kappa shape index (κ3) is 5.16. The molecule has 0 unspecified atom stereocenters. The van der Waals surface area contributed by atoms with Crippen LogP contribution in [-0.4, -0.2) is 62.6 Å². The first kappa shape index (κ1) is 22.2. The summed E-state index contributed by atoms with van der Waals surface area (Å²) in [5.74, 6) is 0. The summed E-state index contributed by atoms with van der Waals surface area (Å²) in [4.78, 5) is 6.74. The van der Waals surface area contributed by atoms with Crippen molar-refractivity contribution in [1.29, 1.82) is 0 Å². The molecule has 160 valence electrons. The van der Waals surface area contributed by atoms with Crippen LogP contribution in [0.1, 0.15) is 19.5 Å². The standard InChI is InChI=1S/C19H28N3O5PS/c1-4-26-28(23,27-5-2)15-29(24,25)22-12-10-21(11-13-22)19-14-16(3)20-18-9-7-6-8-17(18)19/h6-9,14H,4-5,10-13,15H2,1-3H3. The number of aromatic nitrogens is 1. The summed E-state index contributed by atoms with van der Waals surface area (Å²) in [7, 11) is -7.43. The molecule has 10 heteroatoms. The molecule has 29 heavy (non-hydrogen) atoms. The van der Waals surface area contributed by atoms with E-state index in [1.54, 1.807) is 13.8 Å². The highest BCUT2D eigenvalue weighted by atomic mass is 32.2. The van der Waals surface area contributed by atoms with Gasteiger partial charge in [-0.15, -0.1) is 0 Å². The molecule has 1 aromatic carbocycles. The molecule has 0 spiro atoms. The number of rotatable bonds is 8. The van der Waals surface area contributed by atoms with Crippen molar-refractivity contribution in [2.75, 3.05) is 49.8 Å². The van der Waals surface area contributed by atoms with Crippen LogP contribution in [0.25, 0.3) is 10.9 Å². The van der Waals surface area contributed by atoms with Crippen LogP contribution in [0.3, 0.4) is 0 Å². The lowest BCUT2D eigenvalue weighted by molar-refractivity contribution is 0.223. The van der Waals surface area contributed by atoms with Gasteiger partial charge in [-0.25, -0.2) is 8.42 Å². The first-order valence-electron chi connectivity index (χ1n) is 9.75. The van der Waals surface area contributed by atoms with Crippen LogP contribution >= 0.6 is 7.60 Å². The number of benzene rings is 1. The number of sulfonamides is 1. The first-order chi connectivity index (χ1) is 13.8. The molecule has 1 aromatic heterocycles. The monoisotopic (exact) mass is 441 g/mol. The van der Waals surface area contributed by atoms with E-state index in [9.17, 15) is 13.0 Å². The highest BCUT2D eigenvalue weighted by Crippen LogP contribution is 2.49. The van der Waals surface area contributed by atoms with Gasteiger partial charge in [-0.3, -0.25) is 9.55 Å². The van der Waals surface area contributed by atoms with Gasteiger partial charge in [0.05, 0.1) is 18.7 Å².